The van der Waals surface area contributed by atoms with Gasteiger partial charge in [-0.2, -0.15) is 0 Å². The van der Waals surface area contributed by atoms with Crippen molar-refractivity contribution >= 4 is 6.21 Å². The van der Waals surface area contributed by atoms with Crippen LogP contribution >= 0.6 is 0 Å². The van der Waals surface area contributed by atoms with Gasteiger partial charge in [0.15, 0.2) is 12.8 Å². The molecule has 0 aliphatic heterocycles. The molecule has 0 fully saturated rings. The van der Waals surface area contributed by atoms with Gasteiger partial charge in [-0.3, -0.25) is 0 Å². The highest BCUT2D eigenvalue weighted by Crippen LogP contribution is 1.95. The van der Waals surface area contributed by atoms with Crippen molar-refractivity contribution in [2.45, 2.75) is 19.4 Å². The Balaban J connectivity index is 2.60. The SMILES string of the molecule is CCC(O)C/[N+]([O-])=C/c1ccccc1. The van der Waals surface area contributed by atoms with Crippen molar-refractivity contribution in [3.63, 3.8) is 0 Å². The van der Waals surface area contributed by atoms with Crippen LogP contribution in [0, 0.1) is 5.21 Å². The third-order valence-corrected chi connectivity index (χ3v) is 1.95. The van der Waals surface area contributed by atoms with Crippen molar-refractivity contribution in [1.29, 1.82) is 0 Å². The van der Waals surface area contributed by atoms with Gasteiger partial charge < -0.3 is 10.3 Å². The van der Waals surface area contributed by atoms with E-state index in [9.17, 15) is 10.3 Å². The minimum atomic E-state index is -0.549. The predicted molar refractivity (Wildman–Crippen MR) is 56.4 cm³/mol. The zero-order valence-electron chi connectivity index (χ0n) is 8.26. The molecule has 76 valence electrons. The summed E-state index contributed by atoms with van der Waals surface area (Å²) < 4.78 is 0.767. The van der Waals surface area contributed by atoms with E-state index in [0.29, 0.717) is 6.42 Å². The van der Waals surface area contributed by atoms with Crippen molar-refractivity contribution in [2.24, 2.45) is 0 Å². The lowest BCUT2D eigenvalue weighted by Crippen LogP contribution is -2.20. The van der Waals surface area contributed by atoms with Gasteiger partial charge in [-0.25, -0.2) is 4.74 Å². The predicted octanol–water partition coefficient (Wildman–Crippen LogP) is 1.39. The summed E-state index contributed by atoms with van der Waals surface area (Å²) in [5, 5.41) is 20.5. The summed E-state index contributed by atoms with van der Waals surface area (Å²) >= 11 is 0. The first-order valence-electron chi connectivity index (χ1n) is 4.74. The summed E-state index contributed by atoms with van der Waals surface area (Å²) in [5.74, 6) is 0. The van der Waals surface area contributed by atoms with Crippen LogP contribution in [-0.4, -0.2) is 28.7 Å². The zero-order chi connectivity index (χ0) is 10.4. The van der Waals surface area contributed by atoms with Gasteiger partial charge in [0, 0.05) is 5.56 Å². The summed E-state index contributed by atoms with van der Waals surface area (Å²) in [5.41, 5.74) is 0.853. The number of benzene rings is 1. The molecule has 14 heavy (non-hydrogen) atoms. The molecule has 1 unspecified atom stereocenters. The van der Waals surface area contributed by atoms with Gasteiger partial charge >= 0.3 is 0 Å². The molecule has 0 aromatic heterocycles. The van der Waals surface area contributed by atoms with Gasteiger partial charge in [-0.1, -0.05) is 25.1 Å². The van der Waals surface area contributed by atoms with Crippen LogP contribution in [0.2, 0.25) is 0 Å². The highest BCUT2D eigenvalue weighted by atomic mass is 16.5. The fourth-order valence-corrected chi connectivity index (χ4v) is 1.09. The first kappa shape index (κ1) is 10.7. The Bertz CT molecular complexity index is 295. The van der Waals surface area contributed by atoms with Crippen LogP contribution in [0.3, 0.4) is 0 Å². The fourth-order valence-electron chi connectivity index (χ4n) is 1.09. The van der Waals surface area contributed by atoms with Crippen LogP contribution in [0.25, 0.3) is 0 Å². The topological polar surface area (TPSA) is 46.3 Å². The maximum atomic E-state index is 11.3. The Kier molecular flexibility index (Phi) is 4.13. The lowest BCUT2D eigenvalue weighted by molar-refractivity contribution is -0.463. The summed E-state index contributed by atoms with van der Waals surface area (Å²) in [6.45, 7) is 1.98. The number of rotatable bonds is 4. The third-order valence-electron chi connectivity index (χ3n) is 1.95. The molecule has 0 saturated carbocycles. The molecule has 1 aromatic rings. The Morgan fingerprint density at radius 2 is 2.07 bits per heavy atom. The van der Waals surface area contributed by atoms with E-state index in [1.165, 1.54) is 6.21 Å². The lowest BCUT2D eigenvalue weighted by Gasteiger charge is -2.07. The van der Waals surface area contributed by atoms with E-state index in [4.69, 9.17) is 0 Å². The maximum Gasteiger partial charge on any atom is 0.181 e. The number of aliphatic hydroxyl groups is 1. The molecule has 1 rings (SSSR count). The number of hydroxylamine groups is 1. The van der Waals surface area contributed by atoms with Crippen molar-refractivity contribution in [1.82, 2.24) is 0 Å². The zero-order valence-corrected chi connectivity index (χ0v) is 8.26. The van der Waals surface area contributed by atoms with Crippen molar-refractivity contribution < 1.29 is 9.85 Å². The number of hydrogen-bond donors (Lipinski definition) is 1. The van der Waals surface area contributed by atoms with Crippen LogP contribution in [0.15, 0.2) is 30.3 Å². The van der Waals surface area contributed by atoms with Crippen LogP contribution in [0.5, 0.6) is 0 Å². The Labute approximate surface area is 83.9 Å². The average Bonchev–Trinajstić information content (AvgIpc) is 2.19. The molecule has 0 radical (unpaired) electrons. The second-order valence-corrected chi connectivity index (χ2v) is 3.20. The summed E-state index contributed by atoms with van der Waals surface area (Å²) in [6.07, 6.45) is 1.53. The molecule has 3 heteroatoms. The summed E-state index contributed by atoms with van der Waals surface area (Å²) in [7, 11) is 0. The van der Waals surface area contributed by atoms with Gasteiger partial charge in [0.05, 0.1) is 0 Å². The Hall–Kier alpha value is -1.35. The maximum absolute atomic E-state index is 11.3. The van der Waals surface area contributed by atoms with E-state index < -0.39 is 6.10 Å². The minimum absolute atomic E-state index is 0.130. The molecule has 1 atom stereocenters. The van der Waals surface area contributed by atoms with E-state index in [-0.39, 0.29) is 6.54 Å². The lowest BCUT2D eigenvalue weighted by atomic mass is 10.2. The third kappa shape index (κ3) is 3.58. The number of aliphatic hydroxyl groups excluding tert-OH is 1. The number of hydrogen-bond acceptors (Lipinski definition) is 2. The first-order chi connectivity index (χ1) is 6.72. The van der Waals surface area contributed by atoms with E-state index >= 15 is 0 Å². The number of nitrogens with zero attached hydrogens (tertiary/aromatic N) is 1. The molecular weight excluding hydrogens is 178 g/mol. The molecule has 0 amide bonds. The average molecular weight is 193 g/mol. The molecule has 0 heterocycles. The minimum Gasteiger partial charge on any atom is -0.624 e. The molecule has 0 aliphatic carbocycles. The summed E-state index contributed by atoms with van der Waals surface area (Å²) in [4.78, 5) is 0. The van der Waals surface area contributed by atoms with Crippen LogP contribution in [-0.2, 0) is 0 Å². The van der Waals surface area contributed by atoms with Gasteiger partial charge in [-0.05, 0) is 18.6 Å². The van der Waals surface area contributed by atoms with E-state index in [1.54, 1.807) is 0 Å². The van der Waals surface area contributed by atoms with E-state index in [0.717, 1.165) is 10.3 Å². The monoisotopic (exact) mass is 193 g/mol. The standard InChI is InChI=1S/C11H15NO2/c1-2-11(13)9-12(14)8-10-6-4-3-5-7-10/h3-8,11,13H,2,9H2,1H3/b12-8-. The molecule has 0 aliphatic rings. The molecular formula is C11H15NO2. The van der Waals surface area contributed by atoms with Crippen LogP contribution in [0.1, 0.15) is 18.9 Å². The second-order valence-electron chi connectivity index (χ2n) is 3.20. The Morgan fingerprint density at radius 3 is 2.64 bits per heavy atom. The van der Waals surface area contributed by atoms with Crippen molar-refractivity contribution in [2.75, 3.05) is 6.54 Å². The van der Waals surface area contributed by atoms with Gasteiger partial charge in [0.1, 0.15) is 6.10 Å². The van der Waals surface area contributed by atoms with Gasteiger partial charge in [0.2, 0.25) is 0 Å². The first-order valence-corrected chi connectivity index (χ1v) is 4.74. The summed E-state index contributed by atoms with van der Waals surface area (Å²) in [6, 6.07) is 9.34. The molecule has 1 aromatic carbocycles. The van der Waals surface area contributed by atoms with Crippen LogP contribution in [0.4, 0.5) is 0 Å². The molecule has 3 nitrogen and oxygen atoms in total. The highest BCUT2D eigenvalue weighted by molar-refractivity contribution is 5.75. The largest absolute Gasteiger partial charge is 0.624 e. The molecule has 0 spiro atoms. The van der Waals surface area contributed by atoms with Gasteiger partial charge in [0.25, 0.3) is 0 Å². The Morgan fingerprint density at radius 1 is 1.43 bits per heavy atom. The highest BCUT2D eigenvalue weighted by Gasteiger charge is 2.04. The smallest absolute Gasteiger partial charge is 0.181 e. The normalized spacial score (nSPS) is 14.0. The molecule has 0 bridgehead atoms. The quantitative estimate of drug-likeness (QED) is 0.340. The molecule has 1 N–H and O–H groups in total. The molecule has 0 saturated heterocycles. The van der Waals surface area contributed by atoms with E-state index in [2.05, 4.69) is 0 Å². The fraction of sp³-hybridized carbons (Fsp3) is 0.364. The van der Waals surface area contributed by atoms with E-state index in [1.807, 2.05) is 37.3 Å². The van der Waals surface area contributed by atoms with Gasteiger partial charge in [-0.15, -0.1) is 0 Å². The van der Waals surface area contributed by atoms with Crippen molar-refractivity contribution in [3.05, 3.63) is 41.1 Å². The second kappa shape index (κ2) is 5.40. The van der Waals surface area contributed by atoms with Crippen LogP contribution < -0.4 is 0 Å². The van der Waals surface area contributed by atoms with Crippen molar-refractivity contribution in [3.8, 4) is 0 Å².